The number of hydrogen-bond donors (Lipinski definition) is 2. The Kier molecular flexibility index (Phi) is 5.48. The lowest BCUT2D eigenvalue weighted by Gasteiger charge is -2.16. The smallest absolute Gasteiger partial charge is 0.326 e. The summed E-state index contributed by atoms with van der Waals surface area (Å²) in [5.74, 6) is -1.72. The number of amides is 1. The minimum Gasteiger partial charge on any atom is -0.480 e. The molecule has 0 bridgehead atoms. The highest BCUT2D eigenvalue weighted by Crippen LogP contribution is 2.07. The number of aliphatic carboxylic acids is 1. The Morgan fingerprint density at radius 1 is 1.37 bits per heavy atom. The van der Waals surface area contributed by atoms with E-state index in [0.29, 0.717) is 12.0 Å². The van der Waals surface area contributed by atoms with Crippen molar-refractivity contribution in [1.29, 1.82) is 0 Å². The Labute approximate surface area is 111 Å². The molecule has 0 aliphatic carbocycles. The van der Waals surface area contributed by atoms with Gasteiger partial charge < -0.3 is 10.4 Å². The topological polar surface area (TPSA) is 66.4 Å². The number of rotatable bonds is 6. The van der Waals surface area contributed by atoms with Crippen LogP contribution in [0.1, 0.15) is 25.8 Å². The van der Waals surface area contributed by atoms with Gasteiger partial charge in [0.05, 0.1) is 6.42 Å². The van der Waals surface area contributed by atoms with Gasteiger partial charge in [0.15, 0.2) is 0 Å². The van der Waals surface area contributed by atoms with Gasteiger partial charge in [0.2, 0.25) is 5.91 Å². The lowest BCUT2D eigenvalue weighted by molar-refractivity contribution is -0.142. The average molecular weight is 267 g/mol. The minimum atomic E-state index is -1.05. The fourth-order valence-corrected chi connectivity index (χ4v) is 1.77. The summed E-state index contributed by atoms with van der Waals surface area (Å²) in [5, 5.41) is 11.5. The predicted octanol–water partition coefficient (Wildman–Crippen LogP) is 1.98. The van der Waals surface area contributed by atoms with Gasteiger partial charge in [-0.1, -0.05) is 26.0 Å². The maximum Gasteiger partial charge on any atom is 0.326 e. The second-order valence-electron chi connectivity index (χ2n) is 4.89. The molecule has 19 heavy (non-hydrogen) atoms. The molecule has 0 spiro atoms. The van der Waals surface area contributed by atoms with Crippen LogP contribution >= 0.6 is 0 Å². The van der Waals surface area contributed by atoms with Crippen molar-refractivity contribution < 1.29 is 19.1 Å². The zero-order chi connectivity index (χ0) is 14.4. The fourth-order valence-electron chi connectivity index (χ4n) is 1.77. The van der Waals surface area contributed by atoms with E-state index in [4.69, 9.17) is 5.11 Å². The van der Waals surface area contributed by atoms with Crippen molar-refractivity contribution in [2.24, 2.45) is 5.92 Å². The molecule has 2 N–H and O–H groups in total. The van der Waals surface area contributed by atoms with Crippen LogP contribution in [0.15, 0.2) is 24.3 Å². The molecule has 0 saturated heterocycles. The van der Waals surface area contributed by atoms with Gasteiger partial charge in [-0.2, -0.15) is 0 Å². The van der Waals surface area contributed by atoms with E-state index in [2.05, 4.69) is 5.32 Å². The zero-order valence-electron chi connectivity index (χ0n) is 11.0. The number of benzene rings is 1. The molecule has 1 unspecified atom stereocenters. The third kappa shape index (κ3) is 5.50. The first-order valence-corrected chi connectivity index (χ1v) is 6.15. The summed E-state index contributed by atoms with van der Waals surface area (Å²) < 4.78 is 13.0. The molecule has 0 fully saturated rings. The number of halogens is 1. The molecular weight excluding hydrogens is 249 g/mol. The van der Waals surface area contributed by atoms with Crippen molar-refractivity contribution in [3.63, 3.8) is 0 Å². The number of carboxylic acid groups (broad SMARTS) is 1. The third-order valence-electron chi connectivity index (χ3n) is 2.59. The number of carboxylic acids is 1. The van der Waals surface area contributed by atoms with Gasteiger partial charge in [-0.05, 0) is 30.0 Å². The molecule has 1 rings (SSSR count). The van der Waals surface area contributed by atoms with Crippen LogP contribution in [0.5, 0.6) is 0 Å². The second-order valence-corrected chi connectivity index (χ2v) is 4.89. The summed E-state index contributed by atoms with van der Waals surface area (Å²) in [6.07, 6.45) is 0.337. The van der Waals surface area contributed by atoms with E-state index in [0.717, 1.165) is 0 Å². The zero-order valence-corrected chi connectivity index (χ0v) is 11.0. The minimum absolute atomic E-state index is 0.0281. The third-order valence-corrected chi connectivity index (χ3v) is 2.59. The van der Waals surface area contributed by atoms with Gasteiger partial charge in [-0.25, -0.2) is 9.18 Å². The van der Waals surface area contributed by atoms with Gasteiger partial charge >= 0.3 is 5.97 Å². The first-order valence-electron chi connectivity index (χ1n) is 6.15. The lowest BCUT2D eigenvalue weighted by atomic mass is 10.0. The molecule has 1 aromatic rings. The van der Waals surface area contributed by atoms with Crippen LogP contribution < -0.4 is 5.32 Å². The Hall–Kier alpha value is -1.91. The molecule has 0 radical (unpaired) electrons. The van der Waals surface area contributed by atoms with E-state index in [1.54, 1.807) is 6.07 Å². The fraction of sp³-hybridized carbons (Fsp3) is 0.429. The lowest BCUT2D eigenvalue weighted by Crippen LogP contribution is -2.42. The number of carbonyl (C=O) groups is 2. The van der Waals surface area contributed by atoms with Crippen LogP contribution in [0.4, 0.5) is 4.39 Å². The monoisotopic (exact) mass is 267 g/mol. The van der Waals surface area contributed by atoms with E-state index in [1.165, 1.54) is 18.2 Å². The number of nitrogens with one attached hydrogen (secondary N) is 1. The van der Waals surface area contributed by atoms with Crippen LogP contribution in [0.3, 0.4) is 0 Å². The highest BCUT2D eigenvalue weighted by Gasteiger charge is 2.20. The van der Waals surface area contributed by atoms with Gasteiger partial charge in [-0.15, -0.1) is 0 Å². The average Bonchev–Trinajstić information content (AvgIpc) is 2.27. The molecule has 104 valence electrons. The molecule has 0 aromatic heterocycles. The van der Waals surface area contributed by atoms with Crippen LogP contribution in [0.2, 0.25) is 0 Å². The van der Waals surface area contributed by atoms with E-state index in [-0.39, 0.29) is 12.3 Å². The SMILES string of the molecule is CC(C)CC(NC(=O)Cc1cccc(F)c1)C(=O)O. The maximum absolute atomic E-state index is 13.0. The predicted molar refractivity (Wildman–Crippen MR) is 69.1 cm³/mol. The Bertz CT molecular complexity index is 460. The summed E-state index contributed by atoms with van der Waals surface area (Å²) in [4.78, 5) is 22.7. The molecule has 0 heterocycles. The van der Waals surface area contributed by atoms with Crippen molar-refractivity contribution in [2.75, 3.05) is 0 Å². The molecule has 1 aromatic carbocycles. The summed E-state index contributed by atoms with van der Waals surface area (Å²) in [5.41, 5.74) is 0.520. The van der Waals surface area contributed by atoms with Gasteiger partial charge in [0.25, 0.3) is 0 Å². The van der Waals surface area contributed by atoms with E-state index in [1.807, 2.05) is 13.8 Å². The maximum atomic E-state index is 13.0. The highest BCUT2D eigenvalue weighted by molar-refractivity contribution is 5.84. The van der Waals surface area contributed by atoms with Crippen molar-refractivity contribution in [2.45, 2.75) is 32.7 Å². The largest absolute Gasteiger partial charge is 0.480 e. The van der Waals surface area contributed by atoms with E-state index < -0.39 is 23.7 Å². The van der Waals surface area contributed by atoms with Crippen LogP contribution in [-0.4, -0.2) is 23.0 Å². The Morgan fingerprint density at radius 3 is 2.58 bits per heavy atom. The van der Waals surface area contributed by atoms with Crippen molar-refractivity contribution in [1.82, 2.24) is 5.32 Å². The second kappa shape index (κ2) is 6.87. The summed E-state index contributed by atoms with van der Waals surface area (Å²) >= 11 is 0. The summed E-state index contributed by atoms with van der Waals surface area (Å²) in [7, 11) is 0. The normalized spacial score (nSPS) is 12.2. The highest BCUT2D eigenvalue weighted by atomic mass is 19.1. The first kappa shape index (κ1) is 15.1. The van der Waals surface area contributed by atoms with Gasteiger partial charge in [0.1, 0.15) is 11.9 Å². The van der Waals surface area contributed by atoms with Crippen LogP contribution in [-0.2, 0) is 16.0 Å². The van der Waals surface area contributed by atoms with Crippen LogP contribution in [0, 0.1) is 11.7 Å². The molecule has 4 nitrogen and oxygen atoms in total. The summed E-state index contributed by atoms with van der Waals surface area (Å²) in [6, 6.07) is 4.79. The van der Waals surface area contributed by atoms with E-state index in [9.17, 15) is 14.0 Å². The molecule has 0 aliphatic heterocycles. The Morgan fingerprint density at radius 2 is 2.05 bits per heavy atom. The standard InChI is InChI=1S/C14H18FNO3/c1-9(2)6-12(14(18)19)16-13(17)8-10-4-3-5-11(15)7-10/h3-5,7,9,12H,6,8H2,1-2H3,(H,16,17)(H,18,19). The molecule has 1 amide bonds. The quantitative estimate of drug-likeness (QED) is 0.828. The number of carbonyl (C=O) groups excluding carboxylic acids is 1. The molecule has 1 atom stereocenters. The molecule has 5 heteroatoms. The number of hydrogen-bond acceptors (Lipinski definition) is 2. The van der Waals surface area contributed by atoms with Crippen molar-refractivity contribution in [3.05, 3.63) is 35.6 Å². The molecule has 0 aliphatic rings. The van der Waals surface area contributed by atoms with Crippen molar-refractivity contribution >= 4 is 11.9 Å². The van der Waals surface area contributed by atoms with Gasteiger partial charge in [-0.3, -0.25) is 4.79 Å². The van der Waals surface area contributed by atoms with E-state index >= 15 is 0 Å². The molecular formula is C14H18FNO3. The summed E-state index contributed by atoms with van der Waals surface area (Å²) in [6.45, 7) is 3.77. The first-order chi connectivity index (χ1) is 8.88. The van der Waals surface area contributed by atoms with Crippen molar-refractivity contribution in [3.8, 4) is 0 Å². The molecule has 0 saturated carbocycles. The van der Waals surface area contributed by atoms with Gasteiger partial charge in [0, 0.05) is 0 Å². The van der Waals surface area contributed by atoms with Crippen LogP contribution in [0.25, 0.3) is 0 Å². The Balaban J connectivity index is 2.60.